The molecule has 204 valence electrons. The predicted octanol–water partition coefficient (Wildman–Crippen LogP) is 5.90. The number of carbonyl (C=O) groups excluding carboxylic acids is 2. The van der Waals surface area contributed by atoms with Crippen molar-refractivity contribution in [2.45, 2.75) is 31.5 Å². The standard InChI is InChI=1S/C33H32N2O5/c36-30(26-7-2-1-3-8-26)16-18-34-32(37)27-14-12-25(13-15-27)29-17-19-35(33(38)39)21-31(29)40-22-23-10-11-24-6-4-5-9-28(24)20-23/h1-15,20,29,31H,16-19,21-22H2,(H,34,37)(H,38,39). The normalized spacial score (nSPS) is 16.9. The molecule has 1 aliphatic rings. The molecule has 0 aromatic heterocycles. The number of Topliss-reactive ketones (excluding diaryl/α,β-unsaturated/α-hetero) is 1. The van der Waals surface area contributed by atoms with Crippen molar-refractivity contribution >= 4 is 28.6 Å². The van der Waals surface area contributed by atoms with Crippen LogP contribution in [0, 0.1) is 0 Å². The maximum absolute atomic E-state index is 12.7. The van der Waals surface area contributed by atoms with E-state index < -0.39 is 6.09 Å². The van der Waals surface area contributed by atoms with E-state index in [0.29, 0.717) is 30.7 Å². The van der Waals surface area contributed by atoms with Gasteiger partial charge in [0.05, 0.1) is 19.3 Å². The van der Waals surface area contributed by atoms with Crippen molar-refractivity contribution in [3.8, 4) is 0 Å². The van der Waals surface area contributed by atoms with E-state index in [9.17, 15) is 19.5 Å². The van der Waals surface area contributed by atoms with E-state index in [1.165, 1.54) is 4.90 Å². The fourth-order valence-electron chi connectivity index (χ4n) is 5.21. The third-order valence-corrected chi connectivity index (χ3v) is 7.44. The Bertz CT molecular complexity index is 1490. The first-order valence-corrected chi connectivity index (χ1v) is 13.5. The van der Waals surface area contributed by atoms with Gasteiger partial charge in [0.15, 0.2) is 5.78 Å². The summed E-state index contributed by atoms with van der Waals surface area (Å²) >= 11 is 0. The molecular weight excluding hydrogens is 504 g/mol. The molecule has 4 aromatic rings. The van der Waals surface area contributed by atoms with E-state index in [4.69, 9.17) is 4.74 Å². The number of nitrogens with one attached hydrogen (secondary N) is 1. The van der Waals surface area contributed by atoms with Crippen LogP contribution in [0.25, 0.3) is 10.8 Å². The van der Waals surface area contributed by atoms with Gasteiger partial charge in [0.25, 0.3) is 5.91 Å². The Hall–Kier alpha value is -4.49. The average molecular weight is 537 g/mol. The highest BCUT2D eigenvalue weighted by molar-refractivity contribution is 5.97. The van der Waals surface area contributed by atoms with Crippen molar-refractivity contribution in [1.82, 2.24) is 10.2 Å². The largest absolute Gasteiger partial charge is 0.465 e. The molecule has 0 aliphatic carbocycles. The van der Waals surface area contributed by atoms with Gasteiger partial charge in [0.1, 0.15) is 0 Å². The Morgan fingerprint density at radius 2 is 1.57 bits per heavy atom. The zero-order valence-corrected chi connectivity index (χ0v) is 22.2. The first-order chi connectivity index (χ1) is 19.5. The first-order valence-electron chi connectivity index (χ1n) is 13.5. The number of nitrogens with zero attached hydrogens (tertiary/aromatic N) is 1. The van der Waals surface area contributed by atoms with Crippen LogP contribution in [0.5, 0.6) is 0 Å². The highest BCUT2D eigenvalue weighted by atomic mass is 16.5. The molecule has 1 fully saturated rings. The fraction of sp³-hybridized carbons (Fsp3) is 0.242. The summed E-state index contributed by atoms with van der Waals surface area (Å²) in [4.78, 5) is 38.0. The lowest BCUT2D eigenvalue weighted by Gasteiger charge is -2.37. The predicted molar refractivity (Wildman–Crippen MR) is 154 cm³/mol. The van der Waals surface area contributed by atoms with Crippen LogP contribution >= 0.6 is 0 Å². The summed E-state index contributed by atoms with van der Waals surface area (Å²) in [5.74, 6) is -0.257. The van der Waals surface area contributed by atoms with Crippen molar-refractivity contribution in [2.24, 2.45) is 0 Å². The molecule has 1 aliphatic heterocycles. The average Bonchev–Trinajstić information content (AvgIpc) is 3.00. The van der Waals surface area contributed by atoms with Crippen molar-refractivity contribution in [3.05, 3.63) is 119 Å². The van der Waals surface area contributed by atoms with Gasteiger partial charge >= 0.3 is 6.09 Å². The lowest BCUT2D eigenvalue weighted by Crippen LogP contribution is -2.46. The molecule has 1 heterocycles. The van der Waals surface area contributed by atoms with Crippen molar-refractivity contribution in [1.29, 1.82) is 0 Å². The number of likely N-dealkylation sites (tertiary alicyclic amines) is 1. The number of hydrogen-bond acceptors (Lipinski definition) is 4. The highest BCUT2D eigenvalue weighted by Crippen LogP contribution is 2.31. The summed E-state index contributed by atoms with van der Waals surface area (Å²) in [6.07, 6.45) is -0.413. The van der Waals surface area contributed by atoms with Gasteiger partial charge in [-0.25, -0.2) is 4.79 Å². The third-order valence-electron chi connectivity index (χ3n) is 7.44. The number of carboxylic acid groups (broad SMARTS) is 1. The monoisotopic (exact) mass is 536 g/mol. The highest BCUT2D eigenvalue weighted by Gasteiger charge is 2.33. The number of hydrogen-bond donors (Lipinski definition) is 2. The molecule has 0 saturated carbocycles. The van der Waals surface area contributed by atoms with Crippen molar-refractivity contribution in [3.63, 3.8) is 0 Å². The minimum Gasteiger partial charge on any atom is -0.465 e. The maximum atomic E-state index is 12.7. The van der Waals surface area contributed by atoms with Gasteiger partial charge in [-0.2, -0.15) is 0 Å². The van der Waals surface area contributed by atoms with E-state index in [1.807, 2.05) is 48.5 Å². The second kappa shape index (κ2) is 12.6. The van der Waals surface area contributed by atoms with Gasteiger partial charge in [-0.15, -0.1) is 0 Å². The van der Waals surface area contributed by atoms with Crippen LogP contribution < -0.4 is 5.32 Å². The minimum absolute atomic E-state index is 0.00309. The molecule has 0 bridgehead atoms. The number of rotatable bonds is 9. The minimum atomic E-state index is -0.949. The van der Waals surface area contributed by atoms with Crippen LogP contribution in [-0.4, -0.2) is 53.5 Å². The Labute approximate surface area is 233 Å². The molecule has 4 aromatic carbocycles. The quantitative estimate of drug-likeness (QED) is 0.260. The lowest BCUT2D eigenvalue weighted by molar-refractivity contribution is -0.0199. The Kier molecular flexibility index (Phi) is 8.52. The molecule has 7 heteroatoms. The second-order valence-electron chi connectivity index (χ2n) is 10.1. The molecule has 2 unspecified atom stereocenters. The van der Waals surface area contributed by atoms with E-state index in [2.05, 4.69) is 29.6 Å². The van der Waals surface area contributed by atoms with Crippen molar-refractivity contribution in [2.75, 3.05) is 19.6 Å². The fourth-order valence-corrected chi connectivity index (χ4v) is 5.21. The molecule has 7 nitrogen and oxygen atoms in total. The number of carbonyl (C=O) groups is 3. The van der Waals surface area contributed by atoms with Crippen LogP contribution in [0.1, 0.15) is 50.6 Å². The van der Waals surface area contributed by atoms with Crippen LogP contribution in [0.15, 0.2) is 97.1 Å². The van der Waals surface area contributed by atoms with E-state index in [0.717, 1.165) is 21.9 Å². The second-order valence-corrected chi connectivity index (χ2v) is 10.1. The third kappa shape index (κ3) is 6.55. The van der Waals surface area contributed by atoms with E-state index >= 15 is 0 Å². The SMILES string of the molecule is O=C(CCNC(=O)c1ccc(C2CCN(C(=O)O)CC2OCc2ccc3ccccc3c2)cc1)c1ccccc1. The van der Waals surface area contributed by atoms with Gasteiger partial charge < -0.3 is 20.1 Å². The summed E-state index contributed by atoms with van der Waals surface area (Å²) in [6.45, 7) is 1.34. The number of amides is 2. The summed E-state index contributed by atoms with van der Waals surface area (Å²) in [5.41, 5.74) is 3.17. The van der Waals surface area contributed by atoms with Crippen LogP contribution in [0.4, 0.5) is 4.79 Å². The van der Waals surface area contributed by atoms with Crippen molar-refractivity contribution < 1.29 is 24.2 Å². The molecule has 2 atom stereocenters. The summed E-state index contributed by atoms with van der Waals surface area (Å²) in [7, 11) is 0. The lowest BCUT2D eigenvalue weighted by atomic mass is 9.86. The Morgan fingerprint density at radius 1 is 0.850 bits per heavy atom. The molecule has 5 rings (SSSR count). The zero-order chi connectivity index (χ0) is 27.9. The molecule has 2 N–H and O–H groups in total. The van der Waals surface area contributed by atoms with Gasteiger partial charge in [0.2, 0.25) is 0 Å². The van der Waals surface area contributed by atoms with Gasteiger partial charge in [-0.05, 0) is 46.5 Å². The molecule has 2 amide bonds. The maximum Gasteiger partial charge on any atom is 0.407 e. The molecular formula is C33H32N2O5. The summed E-state index contributed by atoms with van der Waals surface area (Å²) in [5, 5.41) is 14.7. The summed E-state index contributed by atoms with van der Waals surface area (Å²) < 4.78 is 6.34. The van der Waals surface area contributed by atoms with E-state index in [-0.39, 0.29) is 43.2 Å². The molecule has 40 heavy (non-hydrogen) atoms. The number of ketones is 1. The summed E-state index contributed by atoms with van der Waals surface area (Å²) in [6, 6.07) is 30.7. The van der Waals surface area contributed by atoms with Crippen LogP contribution in [0.2, 0.25) is 0 Å². The van der Waals surface area contributed by atoms with Gasteiger partial charge in [-0.1, -0.05) is 78.9 Å². The Morgan fingerprint density at radius 3 is 2.33 bits per heavy atom. The van der Waals surface area contributed by atoms with Crippen LogP contribution in [0.3, 0.4) is 0 Å². The molecule has 0 radical (unpaired) electrons. The smallest absolute Gasteiger partial charge is 0.407 e. The molecule has 1 saturated heterocycles. The number of ether oxygens (including phenoxy) is 1. The molecule has 0 spiro atoms. The number of piperidine rings is 1. The first kappa shape index (κ1) is 27.1. The van der Waals surface area contributed by atoms with Gasteiger partial charge in [0, 0.05) is 36.6 Å². The topological polar surface area (TPSA) is 95.9 Å². The van der Waals surface area contributed by atoms with Gasteiger partial charge in [-0.3, -0.25) is 9.59 Å². The zero-order valence-electron chi connectivity index (χ0n) is 22.2. The number of fused-ring (bicyclic) bond motifs is 1. The number of benzene rings is 4. The Balaban J connectivity index is 1.21. The van der Waals surface area contributed by atoms with Crippen LogP contribution in [-0.2, 0) is 11.3 Å². The van der Waals surface area contributed by atoms with E-state index in [1.54, 1.807) is 24.3 Å².